The molecule has 0 aliphatic heterocycles. The van der Waals surface area contributed by atoms with Crippen LogP contribution in [0.15, 0.2) is 36.4 Å². The fraction of sp³-hybridized carbons (Fsp3) is 0.0769. The predicted molar refractivity (Wildman–Crippen MR) is 82.9 cm³/mol. The maximum Gasteiger partial charge on any atom is 0.128 e. The predicted octanol–water partition coefficient (Wildman–Crippen LogP) is 5.35. The zero-order valence-electron chi connectivity index (χ0n) is 9.18. The van der Waals surface area contributed by atoms with Crippen LogP contribution in [0.5, 0.6) is 0 Å². The Labute approximate surface area is 128 Å². The molecule has 0 saturated heterocycles. The Morgan fingerprint density at radius 2 is 1.89 bits per heavy atom. The molecule has 5 heteroatoms. The molecule has 1 N–H and O–H groups in total. The molecule has 2 aromatic carbocycles. The molecular formula is C13H9Cl2FIN. The SMILES string of the molecule is Fc1ccc(Cl)cc1CNc1cc(I)ccc1Cl. The first-order chi connectivity index (χ1) is 8.56. The van der Waals surface area contributed by atoms with Gasteiger partial charge >= 0.3 is 0 Å². The lowest BCUT2D eigenvalue weighted by Gasteiger charge is -2.10. The Balaban J connectivity index is 2.16. The Bertz CT molecular complexity index is 523. The first kappa shape index (κ1) is 13.9. The van der Waals surface area contributed by atoms with E-state index in [2.05, 4.69) is 27.9 Å². The van der Waals surface area contributed by atoms with E-state index in [1.165, 1.54) is 12.1 Å². The third-order valence-electron chi connectivity index (χ3n) is 2.41. The highest BCUT2D eigenvalue weighted by Gasteiger charge is 2.05. The van der Waals surface area contributed by atoms with Gasteiger partial charge in [0.25, 0.3) is 0 Å². The van der Waals surface area contributed by atoms with E-state index in [9.17, 15) is 4.39 Å². The van der Waals surface area contributed by atoms with Crippen LogP contribution in [0.3, 0.4) is 0 Å². The van der Waals surface area contributed by atoms with Gasteiger partial charge in [0.15, 0.2) is 0 Å². The van der Waals surface area contributed by atoms with Crippen molar-refractivity contribution in [2.75, 3.05) is 5.32 Å². The van der Waals surface area contributed by atoms with Crippen LogP contribution in [0.2, 0.25) is 10.0 Å². The van der Waals surface area contributed by atoms with Crippen molar-refractivity contribution in [3.8, 4) is 0 Å². The third-order valence-corrected chi connectivity index (χ3v) is 3.64. The fourth-order valence-electron chi connectivity index (χ4n) is 1.50. The number of benzene rings is 2. The molecule has 18 heavy (non-hydrogen) atoms. The summed E-state index contributed by atoms with van der Waals surface area (Å²) in [6.45, 7) is 0.339. The van der Waals surface area contributed by atoms with Crippen LogP contribution in [0.4, 0.5) is 10.1 Å². The number of hydrogen-bond donors (Lipinski definition) is 1. The molecule has 0 aliphatic carbocycles. The minimum absolute atomic E-state index is 0.284. The summed E-state index contributed by atoms with van der Waals surface area (Å²) in [5.41, 5.74) is 1.29. The van der Waals surface area contributed by atoms with E-state index in [0.717, 1.165) is 9.26 Å². The van der Waals surface area contributed by atoms with E-state index in [1.54, 1.807) is 12.1 Å². The van der Waals surface area contributed by atoms with E-state index >= 15 is 0 Å². The summed E-state index contributed by atoms with van der Waals surface area (Å²) in [6.07, 6.45) is 0. The van der Waals surface area contributed by atoms with Crippen molar-refractivity contribution in [1.82, 2.24) is 0 Å². The van der Waals surface area contributed by atoms with Gasteiger partial charge in [-0.15, -0.1) is 0 Å². The number of hydrogen-bond acceptors (Lipinski definition) is 1. The molecule has 2 aromatic rings. The van der Waals surface area contributed by atoms with Crippen LogP contribution >= 0.6 is 45.8 Å². The van der Waals surface area contributed by atoms with Gasteiger partial charge in [-0.25, -0.2) is 4.39 Å². The van der Waals surface area contributed by atoms with Crippen LogP contribution in [-0.4, -0.2) is 0 Å². The smallest absolute Gasteiger partial charge is 0.128 e. The van der Waals surface area contributed by atoms with Crippen molar-refractivity contribution in [1.29, 1.82) is 0 Å². The average molecular weight is 396 g/mol. The number of anilines is 1. The van der Waals surface area contributed by atoms with E-state index in [0.29, 0.717) is 22.2 Å². The van der Waals surface area contributed by atoms with Crippen molar-refractivity contribution in [3.05, 3.63) is 61.4 Å². The summed E-state index contributed by atoms with van der Waals surface area (Å²) >= 11 is 14.1. The van der Waals surface area contributed by atoms with Gasteiger partial charge in [-0.3, -0.25) is 0 Å². The summed E-state index contributed by atoms with van der Waals surface area (Å²) in [5.74, 6) is -0.284. The van der Waals surface area contributed by atoms with Crippen LogP contribution in [0.25, 0.3) is 0 Å². The number of rotatable bonds is 3. The quantitative estimate of drug-likeness (QED) is 0.690. The molecule has 0 spiro atoms. The van der Waals surface area contributed by atoms with Crippen molar-refractivity contribution in [3.63, 3.8) is 0 Å². The van der Waals surface area contributed by atoms with Crippen LogP contribution in [0.1, 0.15) is 5.56 Å². The van der Waals surface area contributed by atoms with Gasteiger partial charge in [-0.05, 0) is 59.0 Å². The van der Waals surface area contributed by atoms with E-state index in [-0.39, 0.29) is 5.82 Å². The van der Waals surface area contributed by atoms with Crippen LogP contribution < -0.4 is 5.32 Å². The molecule has 0 unspecified atom stereocenters. The van der Waals surface area contributed by atoms with E-state index in [1.807, 2.05) is 12.1 Å². The number of nitrogens with one attached hydrogen (secondary N) is 1. The second kappa shape index (κ2) is 6.08. The molecule has 0 aliphatic rings. The Morgan fingerprint density at radius 1 is 1.11 bits per heavy atom. The van der Waals surface area contributed by atoms with Crippen molar-refractivity contribution < 1.29 is 4.39 Å². The highest BCUT2D eigenvalue weighted by atomic mass is 127. The number of halogens is 4. The minimum atomic E-state index is -0.284. The zero-order valence-corrected chi connectivity index (χ0v) is 12.9. The topological polar surface area (TPSA) is 12.0 Å². The molecular weight excluding hydrogens is 387 g/mol. The van der Waals surface area contributed by atoms with E-state index < -0.39 is 0 Å². The maximum atomic E-state index is 13.5. The highest BCUT2D eigenvalue weighted by molar-refractivity contribution is 14.1. The second-order valence-electron chi connectivity index (χ2n) is 3.71. The van der Waals surface area contributed by atoms with Gasteiger partial charge in [0, 0.05) is 20.7 Å². The molecule has 0 aromatic heterocycles. The maximum absolute atomic E-state index is 13.5. The van der Waals surface area contributed by atoms with Gasteiger partial charge < -0.3 is 5.32 Å². The molecule has 0 amide bonds. The summed E-state index contributed by atoms with van der Waals surface area (Å²) in [6, 6.07) is 10.1. The summed E-state index contributed by atoms with van der Waals surface area (Å²) < 4.78 is 14.6. The first-order valence-electron chi connectivity index (χ1n) is 5.19. The van der Waals surface area contributed by atoms with Crippen molar-refractivity contribution >= 4 is 51.5 Å². The van der Waals surface area contributed by atoms with Gasteiger partial charge in [-0.1, -0.05) is 23.2 Å². The highest BCUT2D eigenvalue weighted by Crippen LogP contribution is 2.25. The summed E-state index contributed by atoms with van der Waals surface area (Å²) in [4.78, 5) is 0. The van der Waals surface area contributed by atoms with Gasteiger partial charge in [0.1, 0.15) is 5.82 Å². The molecule has 94 valence electrons. The van der Waals surface area contributed by atoms with E-state index in [4.69, 9.17) is 23.2 Å². The molecule has 0 saturated carbocycles. The normalized spacial score (nSPS) is 10.4. The van der Waals surface area contributed by atoms with Crippen molar-refractivity contribution in [2.24, 2.45) is 0 Å². The molecule has 0 fully saturated rings. The zero-order chi connectivity index (χ0) is 13.1. The average Bonchev–Trinajstić information content (AvgIpc) is 2.34. The van der Waals surface area contributed by atoms with Crippen LogP contribution in [0, 0.1) is 9.39 Å². The molecule has 2 rings (SSSR count). The Hall–Kier alpha value is -0.520. The molecule has 0 heterocycles. The monoisotopic (exact) mass is 395 g/mol. The standard InChI is InChI=1S/C13H9Cl2FIN/c14-9-1-4-12(16)8(5-9)7-18-13-6-10(17)2-3-11(13)15/h1-6,18H,7H2. The second-order valence-corrected chi connectivity index (χ2v) is 5.80. The lowest BCUT2D eigenvalue weighted by Crippen LogP contribution is -2.02. The summed E-state index contributed by atoms with van der Waals surface area (Å²) in [5, 5.41) is 4.23. The Kier molecular flexibility index (Phi) is 4.70. The molecule has 1 nitrogen and oxygen atoms in total. The molecule has 0 radical (unpaired) electrons. The summed E-state index contributed by atoms with van der Waals surface area (Å²) in [7, 11) is 0. The van der Waals surface area contributed by atoms with Crippen LogP contribution in [-0.2, 0) is 6.54 Å². The third kappa shape index (κ3) is 3.49. The molecule has 0 atom stereocenters. The lowest BCUT2D eigenvalue weighted by molar-refractivity contribution is 0.613. The van der Waals surface area contributed by atoms with Gasteiger partial charge in [0.05, 0.1) is 10.7 Å². The fourth-order valence-corrected chi connectivity index (χ4v) is 2.37. The first-order valence-corrected chi connectivity index (χ1v) is 7.02. The van der Waals surface area contributed by atoms with Gasteiger partial charge in [-0.2, -0.15) is 0 Å². The van der Waals surface area contributed by atoms with Crippen molar-refractivity contribution in [2.45, 2.75) is 6.54 Å². The van der Waals surface area contributed by atoms with Gasteiger partial charge in [0.2, 0.25) is 0 Å². The largest absolute Gasteiger partial charge is 0.380 e. The molecule has 0 bridgehead atoms. The minimum Gasteiger partial charge on any atom is -0.380 e. The lowest BCUT2D eigenvalue weighted by atomic mass is 10.2. The Morgan fingerprint density at radius 3 is 2.67 bits per heavy atom.